The van der Waals surface area contributed by atoms with Gasteiger partial charge in [-0.3, -0.25) is 5.10 Å². The fourth-order valence-corrected chi connectivity index (χ4v) is 2.72. The molecule has 7 nitrogen and oxygen atoms in total. The number of hydrogen-bond donors (Lipinski definition) is 3. The van der Waals surface area contributed by atoms with Crippen molar-refractivity contribution >= 4 is 35.1 Å². The van der Waals surface area contributed by atoms with Crippen LogP contribution < -0.4 is 0 Å². The first kappa shape index (κ1) is 25.0. The number of carboxylic acids is 2. The number of rotatable bonds is 4. The van der Waals surface area contributed by atoms with E-state index in [1.54, 1.807) is 24.3 Å². The number of halogens is 7. The van der Waals surface area contributed by atoms with Gasteiger partial charge in [0.25, 0.3) is 0 Å². The molecule has 0 saturated carbocycles. The number of aromatic carboxylic acids is 1. The number of H-pyrrole nitrogens is 1. The van der Waals surface area contributed by atoms with E-state index in [1.165, 1.54) is 6.07 Å². The lowest BCUT2D eigenvalue weighted by Crippen LogP contribution is -2.21. The molecule has 1 aromatic heterocycles. The molecule has 0 fully saturated rings. The molecule has 14 heteroatoms. The van der Waals surface area contributed by atoms with Gasteiger partial charge in [-0.05, 0) is 23.8 Å². The third-order valence-corrected chi connectivity index (χ3v) is 4.35. The maximum Gasteiger partial charge on any atom is 0.490 e. The number of aliphatic carboxylic acids is 1. The molecule has 2 aromatic carbocycles. The zero-order valence-electron chi connectivity index (χ0n) is 15.3. The molecule has 0 unspecified atom stereocenters. The molecule has 0 aliphatic rings. The Bertz CT molecular complexity index is 1130. The number of nitrogens with zero attached hydrogens (tertiary/aromatic N) is 2. The second-order valence-electron chi connectivity index (χ2n) is 5.92. The number of benzene rings is 2. The molecular formula is C18H10Cl2F5N3O4. The highest BCUT2D eigenvalue weighted by Crippen LogP contribution is 2.39. The van der Waals surface area contributed by atoms with Gasteiger partial charge in [0.05, 0.1) is 0 Å². The van der Waals surface area contributed by atoms with Crippen LogP contribution in [0.2, 0.25) is 10.0 Å². The van der Waals surface area contributed by atoms with Crippen molar-refractivity contribution in [3.8, 4) is 11.1 Å². The Morgan fingerprint density at radius 3 is 1.97 bits per heavy atom. The minimum atomic E-state index is -5.08. The molecule has 0 radical (unpaired) electrons. The summed E-state index contributed by atoms with van der Waals surface area (Å²) < 4.78 is 61.0. The maximum atomic E-state index is 14.6. The minimum Gasteiger partial charge on any atom is -0.476 e. The number of aromatic nitrogens is 3. The van der Waals surface area contributed by atoms with E-state index >= 15 is 0 Å². The third kappa shape index (κ3) is 5.71. The number of hydrogen-bond acceptors (Lipinski definition) is 4. The first-order valence-electron chi connectivity index (χ1n) is 8.13. The first-order valence-corrected chi connectivity index (χ1v) is 8.89. The summed E-state index contributed by atoms with van der Waals surface area (Å²) in [7, 11) is 0. The zero-order chi connectivity index (χ0) is 24.3. The van der Waals surface area contributed by atoms with E-state index in [0.29, 0.717) is 16.1 Å². The third-order valence-electron chi connectivity index (χ3n) is 3.79. The summed E-state index contributed by atoms with van der Waals surface area (Å²) >= 11 is 12.0. The van der Waals surface area contributed by atoms with Crippen LogP contribution in [0.25, 0.3) is 11.1 Å². The number of alkyl halides is 5. The van der Waals surface area contributed by atoms with E-state index in [4.69, 9.17) is 38.2 Å². The van der Waals surface area contributed by atoms with E-state index in [1.807, 2.05) is 5.10 Å². The van der Waals surface area contributed by atoms with Crippen molar-refractivity contribution in [3.63, 3.8) is 0 Å². The number of carbonyl (C=O) groups is 2. The quantitative estimate of drug-likeness (QED) is 0.424. The van der Waals surface area contributed by atoms with E-state index in [0.717, 1.165) is 12.1 Å². The Balaban J connectivity index is 0.000000451. The summed E-state index contributed by atoms with van der Waals surface area (Å²) in [5, 5.41) is 25.0. The van der Waals surface area contributed by atoms with Crippen molar-refractivity contribution < 1.29 is 41.8 Å². The fourth-order valence-electron chi connectivity index (χ4n) is 2.31. The summed E-state index contributed by atoms with van der Waals surface area (Å²) in [5.74, 6) is -8.01. The first-order chi connectivity index (χ1) is 14.7. The van der Waals surface area contributed by atoms with Crippen LogP contribution in [0.5, 0.6) is 0 Å². The van der Waals surface area contributed by atoms with Gasteiger partial charge in [-0.2, -0.15) is 22.0 Å². The van der Waals surface area contributed by atoms with Gasteiger partial charge in [-0.15, -0.1) is 5.10 Å². The molecule has 32 heavy (non-hydrogen) atoms. The molecule has 0 saturated heterocycles. The van der Waals surface area contributed by atoms with Gasteiger partial charge in [-0.25, -0.2) is 9.59 Å². The molecule has 0 bridgehead atoms. The van der Waals surface area contributed by atoms with Gasteiger partial charge >= 0.3 is 24.0 Å². The van der Waals surface area contributed by atoms with E-state index in [9.17, 15) is 26.7 Å². The summed E-state index contributed by atoms with van der Waals surface area (Å²) in [6.45, 7) is 0. The van der Waals surface area contributed by atoms with Crippen LogP contribution in [0, 0.1) is 0 Å². The van der Waals surface area contributed by atoms with Crippen LogP contribution in [0.1, 0.15) is 21.7 Å². The highest BCUT2D eigenvalue weighted by molar-refractivity contribution is 6.33. The van der Waals surface area contributed by atoms with E-state index < -0.39 is 41.0 Å². The molecule has 0 aliphatic carbocycles. The second kappa shape index (κ2) is 9.49. The topological polar surface area (TPSA) is 116 Å². The predicted octanol–water partition coefficient (Wildman–Crippen LogP) is 5.25. The average Bonchev–Trinajstić information content (AvgIpc) is 3.20. The van der Waals surface area contributed by atoms with Gasteiger partial charge in [0.2, 0.25) is 0 Å². The standard InChI is InChI=1S/C16H9Cl2F2N3O2.C2HF3O2/c17-10-4-1-8(2-5-10)11-6-3-9(7-12(11)18)16(19,20)14-13(15(24)25)21-23-22-14;3-2(4,5)1(6)7/h1-7H,(H,24,25)(H,21,22,23);(H,6,7). The Morgan fingerprint density at radius 1 is 0.938 bits per heavy atom. The van der Waals surface area contributed by atoms with Gasteiger partial charge in [0.1, 0.15) is 0 Å². The molecular weight excluding hydrogens is 488 g/mol. The highest BCUT2D eigenvalue weighted by Gasteiger charge is 2.41. The SMILES string of the molecule is O=C(O)C(F)(F)F.O=C(O)c1[nH]nnc1C(F)(F)c1ccc(-c2ccc(Cl)cc2)c(Cl)c1. The predicted molar refractivity (Wildman–Crippen MR) is 102 cm³/mol. The Labute approximate surface area is 185 Å². The highest BCUT2D eigenvalue weighted by atomic mass is 35.5. The lowest BCUT2D eigenvalue weighted by Gasteiger charge is -2.16. The van der Waals surface area contributed by atoms with Crippen LogP contribution >= 0.6 is 23.2 Å². The normalized spacial score (nSPS) is 11.5. The summed E-state index contributed by atoms with van der Waals surface area (Å²) in [6, 6.07) is 10.4. The lowest BCUT2D eigenvalue weighted by molar-refractivity contribution is -0.192. The molecule has 0 spiro atoms. The zero-order valence-corrected chi connectivity index (χ0v) is 16.8. The van der Waals surface area contributed by atoms with Crippen LogP contribution in [0.4, 0.5) is 22.0 Å². The summed E-state index contributed by atoms with van der Waals surface area (Å²) in [4.78, 5) is 19.9. The van der Waals surface area contributed by atoms with Gasteiger partial charge < -0.3 is 10.2 Å². The number of nitrogens with one attached hydrogen (secondary N) is 1. The van der Waals surface area contributed by atoms with Crippen LogP contribution in [-0.4, -0.2) is 43.7 Å². The average molecular weight is 498 g/mol. The molecule has 0 amide bonds. The Hall–Kier alpha value is -3.25. The van der Waals surface area contributed by atoms with Gasteiger partial charge in [0.15, 0.2) is 11.4 Å². The van der Waals surface area contributed by atoms with Crippen LogP contribution in [-0.2, 0) is 10.7 Å². The Morgan fingerprint density at radius 2 is 1.50 bits per heavy atom. The van der Waals surface area contributed by atoms with E-state index in [2.05, 4.69) is 10.3 Å². The smallest absolute Gasteiger partial charge is 0.476 e. The van der Waals surface area contributed by atoms with Gasteiger partial charge in [0, 0.05) is 21.2 Å². The van der Waals surface area contributed by atoms with Crippen molar-refractivity contribution in [1.82, 2.24) is 15.4 Å². The van der Waals surface area contributed by atoms with Crippen LogP contribution in [0.15, 0.2) is 42.5 Å². The van der Waals surface area contributed by atoms with E-state index in [-0.39, 0.29) is 5.02 Å². The van der Waals surface area contributed by atoms with Crippen molar-refractivity contribution in [3.05, 3.63) is 69.5 Å². The van der Waals surface area contributed by atoms with Crippen LogP contribution in [0.3, 0.4) is 0 Å². The summed E-state index contributed by atoms with van der Waals surface area (Å²) in [5.41, 5.74) is -1.00. The number of carboxylic acid groups (broad SMARTS) is 2. The number of aromatic amines is 1. The van der Waals surface area contributed by atoms with Crippen molar-refractivity contribution in [2.45, 2.75) is 12.1 Å². The van der Waals surface area contributed by atoms with Crippen molar-refractivity contribution in [1.29, 1.82) is 0 Å². The lowest BCUT2D eigenvalue weighted by atomic mass is 9.99. The monoisotopic (exact) mass is 497 g/mol. The molecule has 0 atom stereocenters. The van der Waals surface area contributed by atoms with Crippen molar-refractivity contribution in [2.24, 2.45) is 0 Å². The van der Waals surface area contributed by atoms with Gasteiger partial charge in [-0.1, -0.05) is 52.7 Å². The minimum absolute atomic E-state index is 0.0832. The molecule has 170 valence electrons. The molecule has 0 aliphatic heterocycles. The molecule has 3 rings (SSSR count). The maximum absolute atomic E-state index is 14.6. The fraction of sp³-hybridized carbons (Fsp3) is 0.111. The van der Waals surface area contributed by atoms with Crippen molar-refractivity contribution in [2.75, 3.05) is 0 Å². The largest absolute Gasteiger partial charge is 0.490 e. The summed E-state index contributed by atoms with van der Waals surface area (Å²) in [6.07, 6.45) is -5.08. The molecule has 3 N–H and O–H groups in total. The molecule has 3 aromatic rings. The molecule has 1 heterocycles. The Kier molecular flexibility index (Phi) is 7.42. The second-order valence-corrected chi connectivity index (χ2v) is 6.76.